The van der Waals surface area contributed by atoms with Crippen LogP contribution in [0.3, 0.4) is 0 Å². The van der Waals surface area contributed by atoms with Crippen molar-refractivity contribution in [2.75, 3.05) is 49.6 Å². The van der Waals surface area contributed by atoms with Crippen molar-refractivity contribution in [3.05, 3.63) is 41.6 Å². The number of fused-ring (bicyclic) bond motifs is 2. The van der Waals surface area contributed by atoms with E-state index in [2.05, 4.69) is 44.8 Å². The largest absolute Gasteiger partial charge is 0.486 e. The van der Waals surface area contributed by atoms with E-state index < -0.39 is 0 Å². The van der Waals surface area contributed by atoms with Crippen LogP contribution in [0.4, 0.5) is 17.2 Å². The van der Waals surface area contributed by atoms with Crippen LogP contribution in [0, 0.1) is 0 Å². The summed E-state index contributed by atoms with van der Waals surface area (Å²) in [5.74, 6) is 2.39. The van der Waals surface area contributed by atoms with Crippen LogP contribution in [0.25, 0.3) is 0 Å². The molecule has 3 aliphatic heterocycles. The van der Waals surface area contributed by atoms with Gasteiger partial charge in [-0.05, 0) is 42.6 Å². The summed E-state index contributed by atoms with van der Waals surface area (Å²) in [6, 6.07) is 8.62. The van der Waals surface area contributed by atoms with E-state index in [-0.39, 0.29) is 0 Å². The molecule has 0 amide bonds. The smallest absolute Gasteiger partial charge is 0.143 e. The van der Waals surface area contributed by atoms with Gasteiger partial charge in [-0.2, -0.15) is 0 Å². The molecule has 0 saturated carbocycles. The summed E-state index contributed by atoms with van der Waals surface area (Å²) in [6.45, 7) is 6.02. The number of nitrogens with one attached hydrogen (secondary N) is 2. The third-order valence-corrected chi connectivity index (χ3v) is 5.55. The molecule has 1 aromatic carbocycles. The van der Waals surface area contributed by atoms with E-state index in [9.17, 15) is 0 Å². The fourth-order valence-corrected chi connectivity index (χ4v) is 4.06. The molecule has 2 N–H and O–H groups in total. The van der Waals surface area contributed by atoms with Crippen LogP contribution in [0.2, 0.25) is 0 Å². The van der Waals surface area contributed by atoms with E-state index >= 15 is 0 Å². The van der Waals surface area contributed by atoms with Crippen molar-refractivity contribution in [2.45, 2.75) is 18.9 Å². The summed E-state index contributed by atoms with van der Waals surface area (Å²) in [6.07, 6.45) is 3.06. The zero-order valence-corrected chi connectivity index (χ0v) is 14.8. The molecule has 5 rings (SSSR count). The first kappa shape index (κ1) is 15.9. The molecule has 6 heteroatoms. The van der Waals surface area contributed by atoms with Gasteiger partial charge in [0.1, 0.15) is 18.2 Å². The van der Waals surface area contributed by atoms with E-state index in [1.807, 2.05) is 6.20 Å². The molecule has 0 bridgehead atoms. The second kappa shape index (κ2) is 6.78. The number of benzene rings is 1. The van der Waals surface area contributed by atoms with Gasteiger partial charge in [0.15, 0.2) is 0 Å². The number of pyridine rings is 1. The minimum atomic E-state index is 0.530. The average Bonchev–Trinajstić information content (AvgIpc) is 3.16. The highest BCUT2D eigenvalue weighted by Gasteiger charge is 2.23. The molecule has 26 heavy (non-hydrogen) atoms. The standard InChI is InChI=1S/C20H24N4O2/c1-2-17-19(11-14(1)15-3-5-21-12-15)26-13-16-18(4-6-22-20(16)23-17)24-7-9-25-10-8-24/h1-2,4,6,11,15,21H,3,5,7-10,12-13H2,(H,22,23). The Morgan fingerprint density at radius 1 is 1.15 bits per heavy atom. The lowest BCUT2D eigenvalue weighted by Crippen LogP contribution is -2.37. The summed E-state index contributed by atoms with van der Waals surface area (Å²) in [5.41, 5.74) is 4.65. The van der Waals surface area contributed by atoms with Crippen molar-refractivity contribution < 1.29 is 9.47 Å². The van der Waals surface area contributed by atoms with Crippen LogP contribution >= 0.6 is 0 Å². The van der Waals surface area contributed by atoms with Gasteiger partial charge in [0, 0.05) is 31.5 Å². The van der Waals surface area contributed by atoms with Crippen LogP contribution in [0.5, 0.6) is 5.75 Å². The Morgan fingerprint density at radius 3 is 2.92 bits per heavy atom. The first-order chi connectivity index (χ1) is 12.9. The number of rotatable bonds is 2. The van der Waals surface area contributed by atoms with Gasteiger partial charge < -0.3 is 25.0 Å². The third-order valence-electron chi connectivity index (χ3n) is 5.55. The van der Waals surface area contributed by atoms with Gasteiger partial charge in [0.2, 0.25) is 0 Å². The van der Waals surface area contributed by atoms with Crippen LogP contribution in [0.1, 0.15) is 23.5 Å². The van der Waals surface area contributed by atoms with E-state index in [4.69, 9.17) is 9.47 Å². The molecule has 136 valence electrons. The lowest BCUT2D eigenvalue weighted by Gasteiger charge is -2.30. The maximum Gasteiger partial charge on any atom is 0.143 e. The SMILES string of the molecule is c1cc(N2CCOCC2)c2c(n1)Nc1ccc(C3CCNC3)cc1OC2. The normalized spacial score (nSPS) is 22.0. The lowest BCUT2D eigenvalue weighted by atomic mass is 9.98. The minimum absolute atomic E-state index is 0.530. The predicted molar refractivity (Wildman–Crippen MR) is 102 cm³/mol. The first-order valence-corrected chi connectivity index (χ1v) is 9.43. The van der Waals surface area contributed by atoms with Crippen LogP contribution in [-0.4, -0.2) is 44.4 Å². The third kappa shape index (κ3) is 2.89. The van der Waals surface area contributed by atoms with Crippen molar-refractivity contribution in [3.63, 3.8) is 0 Å². The van der Waals surface area contributed by atoms with Crippen LogP contribution < -0.4 is 20.3 Å². The summed E-state index contributed by atoms with van der Waals surface area (Å²) < 4.78 is 11.7. The van der Waals surface area contributed by atoms with Crippen molar-refractivity contribution in [1.82, 2.24) is 10.3 Å². The molecule has 2 fully saturated rings. The summed E-state index contributed by atoms with van der Waals surface area (Å²) >= 11 is 0. The molecule has 4 heterocycles. The van der Waals surface area contributed by atoms with Crippen molar-refractivity contribution in [2.24, 2.45) is 0 Å². The van der Waals surface area contributed by atoms with Gasteiger partial charge in [-0.3, -0.25) is 0 Å². The number of hydrogen-bond acceptors (Lipinski definition) is 6. The maximum absolute atomic E-state index is 6.23. The van der Waals surface area contributed by atoms with Crippen molar-refractivity contribution in [1.29, 1.82) is 0 Å². The fourth-order valence-electron chi connectivity index (χ4n) is 4.06. The number of anilines is 3. The van der Waals surface area contributed by atoms with E-state index in [0.717, 1.165) is 62.2 Å². The Morgan fingerprint density at radius 2 is 2.08 bits per heavy atom. The number of morpholine rings is 1. The van der Waals surface area contributed by atoms with Gasteiger partial charge in [-0.1, -0.05) is 6.07 Å². The lowest BCUT2D eigenvalue weighted by molar-refractivity contribution is 0.122. The highest BCUT2D eigenvalue weighted by Crippen LogP contribution is 2.38. The molecule has 2 aromatic rings. The van der Waals surface area contributed by atoms with Crippen molar-refractivity contribution in [3.8, 4) is 5.75 Å². The predicted octanol–water partition coefficient (Wildman–Crippen LogP) is 2.63. The zero-order chi connectivity index (χ0) is 17.3. The Labute approximate surface area is 153 Å². The highest BCUT2D eigenvalue weighted by molar-refractivity contribution is 5.73. The number of ether oxygens (including phenoxy) is 2. The summed E-state index contributed by atoms with van der Waals surface area (Å²) in [5, 5.41) is 6.93. The summed E-state index contributed by atoms with van der Waals surface area (Å²) in [4.78, 5) is 6.94. The molecule has 3 aliphatic rings. The molecule has 1 aromatic heterocycles. The Kier molecular flexibility index (Phi) is 4.15. The van der Waals surface area contributed by atoms with Crippen molar-refractivity contribution >= 4 is 17.2 Å². The molecule has 2 saturated heterocycles. The van der Waals surface area contributed by atoms with Gasteiger partial charge in [-0.25, -0.2) is 4.98 Å². The van der Waals surface area contributed by atoms with Gasteiger partial charge in [0.25, 0.3) is 0 Å². The molecule has 0 radical (unpaired) electrons. The maximum atomic E-state index is 6.23. The Hall–Kier alpha value is -2.31. The monoisotopic (exact) mass is 352 g/mol. The van der Waals surface area contributed by atoms with E-state index in [1.54, 1.807) is 0 Å². The van der Waals surface area contributed by atoms with E-state index in [1.165, 1.54) is 17.7 Å². The average molecular weight is 352 g/mol. The highest BCUT2D eigenvalue weighted by atomic mass is 16.5. The second-order valence-electron chi connectivity index (χ2n) is 7.12. The van der Waals surface area contributed by atoms with Gasteiger partial charge in [-0.15, -0.1) is 0 Å². The molecular formula is C20H24N4O2. The minimum Gasteiger partial charge on any atom is -0.486 e. The molecule has 0 spiro atoms. The molecule has 1 unspecified atom stereocenters. The van der Waals surface area contributed by atoms with E-state index in [0.29, 0.717) is 12.5 Å². The number of hydrogen-bond donors (Lipinski definition) is 2. The Bertz CT molecular complexity index is 798. The van der Waals surface area contributed by atoms with Gasteiger partial charge in [0.05, 0.1) is 24.5 Å². The molecular weight excluding hydrogens is 328 g/mol. The van der Waals surface area contributed by atoms with Crippen LogP contribution in [0.15, 0.2) is 30.5 Å². The molecule has 6 nitrogen and oxygen atoms in total. The first-order valence-electron chi connectivity index (χ1n) is 9.43. The summed E-state index contributed by atoms with van der Waals surface area (Å²) in [7, 11) is 0. The topological polar surface area (TPSA) is 58.7 Å². The molecule has 1 atom stereocenters. The fraction of sp³-hybridized carbons (Fsp3) is 0.450. The molecule has 0 aliphatic carbocycles. The van der Waals surface area contributed by atoms with Gasteiger partial charge >= 0.3 is 0 Å². The quantitative estimate of drug-likeness (QED) is 0.867. The zero-order valence-electron chi connectivity index (χ0n) is 14.8. The second-order valence-corrected chi connectivity index (χ2v) is 7.12. The Balaban J connectivity index is 1.45. The number of aromatic nitrogens is 1. The number of nitrogens with zero attached hydrogens (tertiary/aromatic N) is 2. The van der Waals surface area contributed by atoms with Crippen LogP contribution in [-0.2, 0) is 11.3 Å².